The molecule has 0 atom stereocenters. The average Bonchev–Trinajstić information content (AvgIpc) is 3.24. The fourth-order valence-corrected chi connectivity index (χ4v) is 5.32. The number of amides is 1. The molecule has 0 saturated heterocycles. The molecule has 0 radical (unpaired) electrons. The zero-order valence-electron chi connectivity index (χ0n) is 15.5. The minimum absolute atomic E-state index is 0.0566. The van der Waals surface area contributed by atoms with Crippen molar-refractivity contribution in [1.29, 1.82) is 0 Å². The molecule has 0 unspecified atom stereocenters. The third kappa shape index (κ3) is 4.07. The van der Waals surface area contributed by atoms with Crippen molar-refractivity contribution in [3.05, 3.63) is 50.9 Å². The maximum atomic E-state index is 12.4. The van der Waals surface area contributed by atoms with Gasteiger partial charge in [-0.2, -0.15) is 0 Å². The number of ether oxygens (including phenoxy) is 1. The van der Waals surface area contributed by atoms with Gasteiger partial charge in [-0.15, -0.1) is 23.1 Å². The molecular formula is C20H21N3O3S2. The number of nitrogens with one attached hydrogen (secondary N) is 2. The van der Waals surface area contributed by atoms with Crippen LogP contribution in [0.15, 0.2) is 29.1 Å². The number of rotatable bonds is 7. The molecule has 28 heavy (non-hydrogen) atoms. The second-order valence-corrected chi connectivity index (χ2v) is 8.62. The Morgan fingerprint density at radius 2 is 2.14 bits per heavy atom. The van der Waals surface area contributed by atoms with Gasteiger partial charge in [0.25, 0.3) is 5.56 Å². The maximum absolute atomic E-state index is 12.4. The van der Waals surface area contributed by atoms with E-state index in [1.54, 1.807) is 11.3 Å². The third-order valence-corrected chi connectivity index (χ3v) is 6.67. The first-order valence-electron chi connectivity index (χ1n) is 9.28. The molecule has 8 heteroatoms. The molecule has 0 spiro atoms. The summed E-state index contributed by atoms with van der Waals surface area (Å²) in [6.45, 7) is 2.54. The van der Waals surface area contributed by atoms with E-state index < -0.39 is 0 Å². The van der Waals surface area contributed by atoms with E-state index in [-0.39, 0.29) is 17.2 Å². The Kier molecular flexibility index (Phi) is 5.68. The molecule has 4 rings (SSSR count). The highest BCUT2D eigenvalue weighted by Crippen LogP contribution is 2.34. The highest BCUT2D eigenvalue weighted by molar-refractivity contribution is 7.99. The third-order valence-electron chi connectivity index (χ3n) is 4.55. The quantitative estimate of drug-likeness (QED) is 0.614. The summed E-state index contributed by atoms with van der Waals surface area (Å²) in [5.41, 5.74) is 1.86. The summed E-state index contributed by atoms with van der Waals surface area (Å²) in [6, 6.07) is 7.29. The van der Waals surface area contributed by atoms with Crippen molar-refractivity contribution in [2.45, 2.75) is 31.9 Å². The van der Waals surface area contributed by atoms with Gasteiger partial charge in [-0.1, -0.05) is 0 Å². The Balaban J connectivity index is 1.33. The van der Waals surface area contributed by atoms with Crippen LogP contribution in [0.4, 0.5) is 5.69 Å². The Morgan fingerprint density at radius 1 is 1.32 bits per heavy atom. The van der Waals surface area contributed by atoms with Crippen LogP contribution in [0.2, 0.25) is 0 Å². The molecule has 2 aromatic heterocycles. The fraction of sp³-hybridized carbons (Fsp3) is 0.350. The van der Waals surface area contributed by atoms with Gasteiger partial charge >= 0.3 is 0 Å². The van der Waals surface area contributed by atoms with Crippen LogP contribution in [0.3, 0.4) is 0 Å². The first-order valence-corrected chi connectivity index (χ1v) is 11.2. The van der Waals surface area contributed by atoms with E-state index >= 15 is 0 Å². The molecule has 1 aromatic carbocycles. The molecule has 1 amide bonds. The number of H-pyrrole nitrogens is 1. The number of anilines is 1. The first-order chi connectivity index (χ1) is 13.6. The summed E-state index contributed by atoms with van der Waals surface area (Å²) in [4.78, 5) is 34.2. The van der Waals surface area contributed by atoms with Gasteiger partial charge in [-0.25, -0.2) is 4.98 Å². The smallest absolute Gasteiger partial charge is 0.259 e. The van der Waals surface area contributed by atoms with Crippen molar-refractivity contribution in [1.82, 2.24) is 9.97 Å². The van der Waals surface area contributed by atoms with E-state index in [1.165, 1.54) is 22.2 Å². The molecular weight excluding hydrogens is 394 g/mol. The van der Waals surface area contributed by atoms with Crippen LogP contribution in [0.5, 0.6) is 5.75 Å². The number of hydrogen-bond donors (Lipinski definition) is 2. The molecule has 6 nitrogen and oxygen atoms in total. The van der Waals surface area contributed by atoms with Crippen LogP contribution >= 0.6 is 23.1 Å². The van der Waals surface area contributed by atoms with Crippen LogP contribution in [0.25, 0.3) is 10.2 Å². The standard InChI is InChI=1S/C20H21N3O3S2/c1-2-26-13-8-6-12(7-9-13)21-17(24)11-27-10-16-22-19(25)18-14-4-3-5-15(14)28-20(18)23-16/h6-9H,2-5,10-11H2,1H3,(H,21,24)(H,22,23,25). The normalized spacial score (nSPS) is 12.9. The Morgan fingerprint density at radius 3 is 2.93 bits per heavy atom. The van der Waals surface area contributed by atoms with E-state index in [9.17, 15) is 9.59 Å². The van der Waals surface area contributed by atoms with Gasteiger partial charge in [0, 0.05) is 10.6 Å². The summed E-state index contributed by atoms with van der Waals surface area (Å²) >= 11 is 3.06. The van der Waals surface area contributed by atoms with Crippen LogP contribution in [-0.2, 0) is 23.4 Å². The van der Waals surface area contributed by atoms with Gasteiger partial charge in [-0.05, 0) is 56.0 Å². The number of fused-ring (bicyclic) bond motifs is 3. The number of thioether (sulfide) groups is 1. The van der Waals surface area contributed by atoms with Crippen LogP contribution in [-0.4, -0.2) is 28.2 Å². The zero-order valence-corrected chi connectivity index (χ0v) is 17.2. The van der Waals surface area contributed by atoms with Gasteiger partial charge in [0.1, 0.15) is 16.4 Å². The Labute approximate surface area is 170 Å². The predicted octanol–water partition coefficient (Wildman–Crippen LogP) is 3.74. The predicted molar refractivity (Wildman–Crippen MR) is 115 cm³/mol. The lowest BCUT2D eigenvalue weighted by Gasteiger charge is -2.07. The summed E-state index contributed by atoms with van der Waals surface area (Å²) in [6.07, 6.45) is 3.14. The summed E-state index contributed by atoms with van der Waals surface area (Å²) in [5.74, 6) is 2.09. The molecule has 0 aliphatic heterocycles. The number of hydrogen-bond acceptors (Lipinski definition) is 6. The molecule has 0 saturated carbocycles. The largest absolute Gasteiger partial charge is 0.494 e. The van der Waals surface area contributed by atoms with E-state index in [1.807, 2.05) is 31.2 Å². The zero-order chi connectivity index (χ0) is 19.5. The summed E-state index contributed by atoms with van der Waals surface area (Å²) < 4.78 is 5.39. The van der Waals surface area contributed by atoms with Crippen molar-refractivity contribution in [3.63, 3.8) is 0 Å². The average molecular weight is 416 g/mol. The molecule has 146 valence electrons. The van der Waals surface area contributed by atoms with E-state index in [0.29, 0.717) is 18.2 Å². The number of aryl methyl sites for hydroxylation is 2. The van der Waals surface area contributed by atoms with Crippen molar-refractivity contribution in [2.24, 2.45) is 0 Å². The van der Waals surface area contributed by atoms with Crippen molar-refractivity contribution < 1.29 is 9.53 Å². The van der Waals surface area contributed by atoms with Crippen LogP contribution in [0, 0.1) is 0 Å². The highest BCUT2D eigenvalue weighted by atomic mass is 32.2. The fourth-order valence-electron chi connectivity index (χ4n) is 3.35. The Hall–Kier alpha value is -2.32. The van der Waals surface area contributed by atoms with E-state index in [0.717, 1.165) is 40.9 Å². The number of aromatic amines is 1. The minimum Gasteiger partial charge on any atom is -0.494 e. The SMILES string of the molecule is CCOc1ccc(NC(=O)CSCc2nc3sc4c(c3c(=O)[nH]2)CCC4)cc1. The summed E-state index contributed by atoms with van der Waals surface area (Å²) in [5, 5.41) is 3.62. The first kappa shape index (κ1) is 19.0. The van der Waals surface area contributed by atoms with Crippen molar-refractivity contribution in [3.8, 4) is 5.75 Å². The van der Waals surface area contributed by atoms with Gasteiger partial charge in [-0.3, -0.25) is 9.59 Å². The van der Waals surface area contributed by atoms with Gasteiger partial charge < -0.3 is 15.0 Å². The van der Waals surface area contributed by atoms with Gasteiger partial charge in [0.2, 0.25) is 5.91 Å². The highest BCUT2D eigenvalue weighted by Gasteiger charge is 2.21. The molecule has 2 heterocycles. The number of thiophene rings is 1. The van der Waals surface area contributed by atoms with Gasteiger partial charge in [0.15, 0.2) is 0 Å². The molecule has 1 aliphatic carbocycles. The van der Waals surface area contributed by atoms with Crippen molar-refractivity contribution in [2.75, 3.05) is 17.7 Å². The topological polar surface area (TPSA) is 84.1 Å². The Bertz CT molecular complexity index is 1060. The second-order valence-electron chi connectivity index (χ2n) is 6.55. The molecule has 2 N–H and O–H groups in total. The second kappa shape index (κ2) is 8.36. The maximum Gasteiger partial charge on any atom is 0.259 e. The number of aromatic nitrogens is 2. The lowest BCUT2D eigenvalue weighted by atomic mass is 10.2. The minimum atomic E-state index is -0.0901. The lowest BCUT2D eigenvalue weighted by molar-refractivity contribution is -0.113. The van der Waals surface area contributed by atoms with E-state index in [4.69, 9.17) is 4.74 Å². The molecule has 0 fully saturated rings. The number of benzene rings is 1. The summed E-state index contributed by atoms with van der Waals surface area (Å²) in [7, 11) is 0. The van der Waals surface area contributed by atoms with Crippen molar-refractivity contribution >= 4 is 44.9 Å². The van der Waals surface area contributed by atoms with Crippen LogP contribution < -0.4 is 15.6 Å². The number of carbonyl (C=O) groups excluding carboxylic acids is 1. The monoisotopic (exact) mass is 415 g/mol. The number of carbonyl (C=O) groups is 1. The number of nitrogens with zero attached hydrogens (tertiary/aromatic N) is 1. The molecule has 3 aromatic rings. The molecule has 0 bridgehead atoms. The van der Waals surface area contributed by atoms with E-state index in [2.05, 4.69) is 15.3 Å². The lowest BCUT2D eigenvalue weighted by Crippen LogP contribution is -2.15. The van der Waals surface area contributed by atoms with Crippen LogP contribution in [0.1, 0.15) is 29.6 Å². The van der Waals surface area contributed by atoms with Gasteiger partial charge in [0.05, 0.1) is 23.5 Å². The molecule has 1 aliphatic rings.